The summed E-state index contributed by atoms with van der Waals surface area (Å²) in [5.74, 6) is 0.458. The van der Waals surface area contributed by atoms with Gasteiger partial charge >= 0.3 is 0 Å². The Bertz CT molecular complexity index is 1490. The summed E-state index contributed by atoms with van der Waals surface area (Å²) in [5, 5.41) is 10.8. The van der Waals surface area contributed by atoms with Crippen molar-refractivity contribution in [2.45, 2.75) is 13.3 Å². The number of amides is 1. The molecule has 5 rings (SSSR count). The van der Waals surface area contributed by atoms with E-state index in [1.54, 1.807) is 31.7 Å². The first-order valence-electron chi connectivity index (χ1n) is 9.47. The Morgan fingerprint density at radius 3 is 2.81 bits per heavy atom. The van der Waals surface area contributed by atoms with Gasteiger partial charge in [0.1, 0.15) is 5.69 Å². The molecule has 0 saturated carbocycles. The third-order valence-corrected chi connectivity index (χ3v) is 4.82. The van der Waals surface area contributed by atoms with Gasteiger partial charge in [0.2, 0.25) is 11.6 Å². The van der Waals surface area contributed by atoms with Gasteiger partial charge < -0.3 is 10.3 Å². The van der Waals surface area contributed by atoms with Crippen LogP contribution in [0.4, 0.5) is 11.4 Å². The van der Waals surface area contributed by atoms with Crippen LogP contribution in [0.5, 0.6) is 0 Å². The van der Waals surface area contributed by atoms with Crippen LogP contribution >= 0.6 is 0 Å². The monoisotopic (exact) mass is 409 g/mol. The number of fused-ring (bicyclic) bond motifs is 2. The van der Waals surface area contributed by atoms with E-state index in [9.17, 15) is 4.79 Å². The number of hydrogen-bond acceptors (Lipinski definition) is 6. The summed E-state index contributed by atoms with van der Waals surface area (Å²) in [6.07, 6.45) is 8.52. The van der Waals surface area contributed by atoms with Crippen molar-refractivity contribution in [1.82, 2.24) is 35.1 Å². The summed E-state index contributed by atoms with van der Waals surface area (Å²) in [4.78, 5) is 35.7. The first-order valence-corrected chi connectivity index (χ1v) is 9.47. The first-order chi connectivity index (χ1) is 15.2. The lowest BCUT2D eigenvalue weighted by Crippen LogP contribution is -2.09. The van der Waals surface area contributed by atoms with E-state index in [1.807, 2.05) is 12.1 Å². The highest BCUT2D eigenvalue weighted by atomic mass is 16.1. The van der Waals surface area contributed by atoms with E-state index < -0.39 is 0 Å². The molecule has 0 unspecified atom stereocenters. The molecular formula is C21H15N9O. The number of imidazole rings is 1. The molecule has 0 saturated heterocycles. The zero-order valence-corrected chi connectivity index (χ0v) is 16.3. The van der Waals surface area contributed by atoms with E-state index in [1.165, 1.54) is 6.20 Å². The van der Waals surface area contributed by atoms with Gasteiger partial charge in [-0.05, 0) is 12.1 Å². The first kappa shape index (κ1) is 18.4. The van der Waals surface area contributed by atoms with Gasteiger partial charge in [-0.3, -0.25) is 19.9 Å². The Hall–Kier alpha value is -4.65. The Balaban J connectivity index is 1.59. The topological polar surface area (TPSA) is 129 Å². The van der Waals surface area contributed by atoms with E-state index >= 15 is 0 Å². The average Bonchev–Trinajstić information content (AvgIpc) is 3.42. The van der Waals surface area contributed by atoms with E-state index in [2.05, 4.69) is 45.3 Å². The second-order valence-corrected chi connectivity index (χ2v) is 6.81. The molecule has 0 aliphatic heterocycles. The fourth-order valence-electron chi connectivity index (χ4n) is 3.27. The van der Waals surface area contributed by atoms with Gasteiger partial charge in [0.25, 0.3) is 0 Å². The number of anilines is 1. The normalized spacial score (nSPS) is 11.0. The molecule has 3 N–H and O–H groups in total. The van der Waals surface area contributed by atoms with E-state index in [-0.39, 0.29) is 5.91 Å². The molecule has 0 aliphatic carbocycles. The molecule has 0 aliphatic rings. The maximum Gasteiger partial charge on any atom is 0.232 e. The molecule has 0 bridgehead atoms. The van der Waals surface area contributed by atoms with Crippen molar-refractivity contribution >= 4 is 39.3 Å². The van der Waals surface area contributed by atoms with Crippen molar-refractivity contribution in [3.63, 3.8) is 0 Å². The van der Waals surface area contributed by atoms with E-state index in [4.69, 9.17) is 6.57 Å². The molecule has 1 amide bonds. The number of nitrogens with one attached hydrogen (secondary N) is 3. The lowest BCUT2D eigenvalue weighted by Gasteiger charge is -2.06. The van der Waals surface area contributed by atoms with Crippen molar-refractivity contribution in [2.24, 2.45) is 0 Å². The Labute approximate surface area is 175 Å². The standard InChI is InChI=1S/C21H15N9O/c1-3-17(31)26-13-4-11(6-23-8-13)12-5-14-18(29-30-20(14)25-7-12)21-27-16-10-24-9-15(22-2)19(16)28-21/h4-10H,3H2,1H3,(H,26,31)(H,27,28)(H,25,29,30). The molecule has 0 atom stereocenters. The van der Waals surface area contributed by atoms with Gasteiger partial charge in [-0.2, -0.15) is 5.10 Å². The van der Waals surface area contributed by atoms with Crippen molar-refractivity contribution < 1.29 is 4.79 Å². The average molecular weight is 409 g/mol. The number of aromatic nitrogens is 7. The van der Waals surface area contributed by atoms with E-state index in [0.29, 0.717) is 46.0 Å². The van der Waals surface area contributed by atoms with Crippen molar-refractivity contribution in [2.75, 3.05) is 5.32 Å². The molecule has 0 aromatic carbocycles. The number of carbonyl (C=O) groups is 1. The number of nitrogens with zero attached hydrogens (tertiary/aromatic N) is 6. The van der Waals surface area contributed by atoms with Crippen molar-refractivity contribution in [1.29, 1.82) is 0 Å². The zero-order valence-electron chi connectivity index (χ0n) is 16.3. The minimum atomic E-state index is -0.0807. The second-order valence-electron chi connectivity index (χ2n) is 6.81. The van der Waals surface area contributed by atoms with Gasteiger partial charge in [0, 0.05) is 42.3 Å². The van der Waals surface area contributed by atoms with Crippen LogP contribution in [0.25, 0.3) is 49.6 Å². The van der Waals surface area contributed by atoms with Crippen LogP contribution in [0.1, 0.15) is 13.3 Å². The summed E-state index contributed by atoms with van der Waals surface area (Å²) in [5.41, 5.74) is 5.02. The van der Waals surface area contributed by atoms with Crippen molar-refractivity contribution in [3.8, 4) is 22.6 Å². The fraction of sp³-hybridized carbons (Fsp3) is 0.0952. The number of hydrogen-bond donors (Lipinski definition) is 3. The molecular weight excluding hydrogens is 394 g/mol. The number of pyridine rings is 3. The summed E-state index contributed by atoms with van der Waals surface area (Å²) < 4.78 is 0. The highest BCUT2D eigenvalue weighted by Crippen LogP contribution is 2.31. The van der Waals surface area contributed by atoms with Crippen molar-refractivity contribution in [3.05, 3.63) is 54.5 Å². The minimum absolute atomic E-state index is 0.0807. The molecule has 10 heteroatoms. The summed E-state index contributed by atoms with van der Waals surface area (Å²) >= 11 is 0. The van der Waals surface area contributed by atoms with Crippen LogP contribution in [-0.2, 0) is 4.79 Å². The number of aromatic amines is 2. The maximum absolute atomic E-state index is 11.7. The highest BCUT2D eigenvalue weighted by molar-refractivity contribution is 5.96. The molecule has 0 radical (unpaired) electrons. The predicted molar refractivity (Wildman–Crippen MR) is 115 cm³/mol. The molecule has 5 heterocycles. The second kappa shape index (κ2) is 7.31. The van der Waals surface area contributed by atoms with Crippen LogP contribution < -0.4 is 5.32 Å². The van der Waals surface area contributed by atoms with Gasteiger partial charge in [-0.15, -0.1) is 0 Å². The smallest absolute Gasteiger partial charge is 0.232 e. The maximum atomic E-state index is 11.7. The molecule has 0 spiro atoms. The highest BCUT2D eigenvalue weighted by Gasteiger charge is 2.16. The Kier molecular flexibility index (Phi) is 4.33. The van der Waals surface area contributed by atoms with Crippen LogP contribution in [0.2, 0.25) is 0 Å². The number of carbonyl (C=O) groups excluding carboxylic acids is 1. The zero-order chi connectivity index (χ0) is 21.4. The van der Waals surface area contributed by atoms with Gasteiger partial charge in [-0.1, -0.05) is 6.92 Å². The van der Waals surface area contributed by atoms with E-state index in [0.717, 1.165) is 16.5 Å². The lowest BCUT2D eigenvalue weighted by atomic mass is 10.1. The predicted octanol–water partition coefficient (Wildman–Crippen LogP) is 3.86. The molecule has 0 fully saturated rings. The lowest BCUT2D eigenvalue weighted by molar-refractivity contribution is -0.115. The van der Waals surface area contributed by atoms with Crippen LogP contribution in [0, 0.1) is 6.57 Å². The van der Waals surface area contributed by atoms with Gasteiger partial charge in [0.05, 0.1) is 34.9 Å². The third-order valence-electron chi connectivity index (χ3n) is 4.82. The SMILES string of the molecule is [C-]#[N+]c1cncc2[nH]c(-c3[nH]nc4ncc(-c5cncc(NC(=O)CC)c5)cc34)nc12. The Morgan fingerprint density at radius 2 is 1.97 bits per heavy atom. The molecule has 5 aromatic rings. The van der Waals surface area contributed by atoms with Gasteiger partial charge in [0.15, 0.2) is 11.5 Å². The summed E-state index contributed by atoms with van der Waals surface area (Å²) in [6, 6.07) is 3.78. The summed E-state index contributed by atoms with van der Waals surface area (Å²) in [7, 11) is 0. The number of H-pyrrole nitrogens is 2. The molecule has 5 aromatic heterocycles. The quantitative estimate of drug-likeness (QED) is 0.387. The minimum Gasteiger partial charge on any atom is -0.337 e. The fourth-order valence-corrected chi connectivity index (χ4v) is 3.27. The third kappa shape index (κ3) is 3.24. The van der Waals surface area contributed by atoms with Crippen LogP contribution in [0.15, 0.2) is 43.1 Å². The molecule has 31 heavy (non-hydrogen) atoms. The largest absolute Gasteiger partial charge is 0.337 e. The van der Waals surface area contributed by atoms with Gasteiger partial charge in [-0.25, -0.2) is 14.8 Å². The number of rotatable bonds is 4. The molecule has 150 valence electrons. The summed E-state index contributed by atoms with van der Waals surface area (Å²) in [6.45, 7) is 9.10. The van der Waals surface area contributed by atoms with Crippen LogP contribution in [-0.4, -0.2) is 41.0 Å². The molecule has 10 nitrogen and oxygen atoms in total. The Morgan fingerprint density at radius 1 is 1.13 bits per heavy atom. The van der Waals surface area contributed by atoms with Crippen LogP contribution in [0.3, 0.4) is 0 Å².